The predicted molar refractivity (Wildman–Crippen MR) is 62.7 cm³/mol. The second kappa shape index (κ2) is 4.79. The Labute approximate surface area is 92.5 Å². The molecule has 1 saturated heterocycles. The maximum absolute atomic E-state index is 11.7. The van der Waals surface area contributed by atoms with Gasteiger partial charge >= 0.3 is 0 Å². The van der Waals surface area contributed by atoms with Crippen molar-refractivity contribution in [3.05, 3.63) is 11.6 Å². The highest BCUT2D eigenvalue weighted by Gasteiger charge is 2.37. The van der Waals surface area contributed by atoms with Crippen molar-refractivity contribution < 1.29 is 4.79 Å². The zero-order valence-corrected chi connectivity index (χ0v) is 10.3. The molecule has 1 fully saturated rings. The number of allylic oxidation sites excluding steroid dienone is 1. The molecule has 1 aliphatic heterocycles. The second-order valence-corrected chi connectivity index (χ2v) is 4.70. The molecular formula is C12H22N2O. The summed E-state index contributed by atoms with van der Waals surface area (Å²) in [5.41, 5.74) is 0.974. The summed E-state index contributed by atoms with van der Waals surface area (Å²) in [7, 11) is 0. The normalized spacial score (nSPS) is 22.7. The highest BCUT2D eigenvalue weighted by Crippen LogP contribution is 2.18. The molecule has 3 heteroatoms. The monoisotopic (exact) mass is 210 g/mol. The minimum atomic E-state index is -0.374. The number of rotatable bonds is 3. The summed E-state index contributed by atoms with van der Waals surface area (Å²) >= 11 is 0. The number of hydrogen-bond donors (Lipinski definition) is 1. The van der Waals surface area contributed by atoms with Gasteiger partial charge in [0.05, 0.1) is 5.54 Å². The Morgan fingerprint density at radius 1 is 1.60 bits per heavy atom. The molecule has 15 heavy (non-hydrogen) atoms. The molecule has 1 rings (SSSR count). The molecule has 1 heterocycles. The van der Waals surface area contributed by atoms with Crippen molar-refractivity contribution >= 4 is 5.91 Å². The Morgan fingerprint density at radius 3 is 2.87 bits per heavy atom. The third kappa shape index (κ3) is 2.81. The summed E-state index contributed by atoms with van der Waals surface area (Å²) in [6.07, 6.45) is 3.29. The summed E-state index contributed by atoms with van der Waals surface area (Å²) in [5, 5.41) is 2.91. The fourth-order valence-electron chi connectivity index (χ4n) is 1.93. The number of hydrogen-bond acceptors (Lipinski definition) is 2. The summed E-state index contributed by atoms with van der Waals surface area (Å²) in [5.74, 6) is 0.137. The minimum Gasteiger partial charge on any atom is -0.353 e. The van der Waals surface area contributed by atoms with Crippen molar-refractivity contribution in [1.82, 2.24) is 10.2 Å². The van der Waals surface area contributed by atoms with Gasteiger partial charge in [0, 0.05) is 19.6 Å². The largest absolute Gasteiger partial charge is 0.353 e. The van der Waals surface area contributed by atoms with Crippen LogP contribution >= 0.6 is 0 Å². The zero-order valence-electron chi connectivity index (χ0n) is 10.3. The Bertz CT molecular complexity index is 269. The molecule has 0 aromatic heterocycles. The van der Waals surface area contributed by atoms with Crippen LogP contribution in [-0.2, 0) is 4.79 Å². The van der Waals surface area contributed by atoms with Crippen LogP contribution in [0.25, 0.3) is 0 Å². The quantitative estimate of drug-likeness (QED) is 0.717. The van der Waals surface area contributed by atoms with Crippen molar-refractivity contribution in [3.63, 3.8) is 0 Å². The highest BCUT2D eigenvalue weighted by atomic mass is 16.2. The van der Waals surface area contributed by atoms with E-state index in [1.165, 1.54) is 5.57 Å². The van der Waals surface area contributed by atoms with E-state index in [1.54, 1.807) is 0 Å². The number of nitrogens with one attached hydrogen (secondary N) is 1. The summed E-state index contributed by atoms with van der Waals surface area (Å²) in [6, 6.07) is 0. The van der Waals surface area contributed by atoms with Crippen LogP contribution in [0.5, 0.6) is 0 Å². The Morgan fingerprint density at radius 2 is 2.27 bits per heavy atom. The SMILES string of the molecule is CC/C=C(\C)CN1CCNC(=O)C1(C)C. The summed E-state index contributed by atoms with van der Waals surface area (Å²) in [4.78, 5) is 13.9. The first-order chi connectivity index (χ1) is 6.98. The maximum atomic E-state index is 11.7. The van der Waals surface area contributed by atoms with Crippen molar-refractivity contribution in [2.45, 2.75) is 39.7 Å². The third-order valence-electron chi connectivity index (χ3n) is 3.01. The summed E-state index contributed by atoms with van der Waals surface area (Å²) < 4.78 is 0. The molecule has 0 aromatic carbocycles. The van der Waals surface area contributed by atoms with Gasteiger partial charge in [0.1, 0.15) is 0 Å². The lowest BCUT2D eigenvalue weighted by molar-refractivity contribution is -0.134. The van der Waals surface area contributed by atoms with Crippen molar-refractivity contribution in [1.29, 1.82) is 0 Å². The Kier molecular flexibility index (Phi) is 3.91. The van der Waals surface area contributed by atoms with Gasteiger partial charge in [-0.2, -0.15) is 0 Å². The molecule has 86 valence electrons. The molecule has 0 atom stereocenters. The van der Waals surface area contributed by atoms with E-state index >= 15 is 0 Å². The molecule has 3 nitrogen and oxygen atoms in total. The average Bonchev–Trinajstić information content (AvgIpc) is 2.14. The topological polar surface area (TPSA) is 32.3 Å². The van der Waals surface area contributed by atoms with E-state index in [-0.39, 0.29) is 11.4 Å². The Hall–Kier alpha value is -0.830. The van der Waals surface area contributed by atoms with Crippen LogP contribution in [0.4, 0.5) is 0 Å². The van der Waals surface area contributed by atoms with Gasteiger partial charge in [0.25, 0.3) is 0 Å². The first-order valence-corrected chi connectivity index (χ1v) is 5.67. The van der Waals surface area contributed by atoms with Gasteiger partial charge in [-0.1, -0.05) is 18.6 Å². The van der Waals surface area contributed by atoms with Gasteiger partial charge in [-0.25, -0.2) is 0 Å². The van der Waals surface area contributed by atoms with Gasteiger partial charge in [0.15, 0.2) is 0 Å². The van der Waals surface area contributed by atoms with E-state index < -0.39 is 0 Å². The van der Waals surface area contributed by atoms with E-state index in [2.05, 4.69) is 30.1 Å². The van der Waals surface area contributed by atoms with Gasteiger partial charge in [-0.05, 0) is 27.2 Å². The lowest BCUT2D eigenvalue weighted by atomic mass is 9.98. The number of piperazine rings is 1. The average molecular weight is 210 g/mol. The van der Waals surface area contributed by atoms with Crippen LogP contribution < -0.4 is 5.32 Å². The van der Waals surface area contributed by atoms with Gasteiger partial charge in [-0.3, -0.25) is 9.69 Å². The molecule has 0 unspecified atom stereocenters. The molecule has 0 saturated carbocycles. The van der Waals surface area contributed by atoms with E-state index in [9.17, 15) is 4.79 Å². The van der Waals surface area contributed by atoms with Crippen LogP contribution in [0.2, 0.25) is 0 Å². The maximum Gasteiger partial charge on any atom is 0.240 e. The molecule has 0 spiro atoms. The standard InChI is InChI=1S/C12H22N2O/c1-5-6-10(2)9-14-8-7-13-11(15)12(14,3)4/h6H,5,7-9H2,1-4H3,(H,13,15)/b10-6+. The fourth-order valence-corrected chi connectivity index (χ4v) is 1.93. The first-order valence-electron chi connectivity index (χ1n) is 5.67. The molecule has 1 N–H and O–H groups in total. The van der Waals surface area contributed by atoms with Crippen LogP contribution in [-0.4, -0.2) is 36.0 Å². The van der Waals surface area contributed by atoms with Crippen LogP contribution in [0.1, 0.15) is 34.1 Å². The fraction of sp³-hybridized carbons (Fsp3) is 0.750. The summed E-state index contributed by atoms with van der Waals surface area (Å²) in [6.45, 7) is 10.8. The number of amides is 1. The van der Waals surface area contributed by atoms with Crippen molar-refractivity contribution in [2.24, 2.45) is 0 Å². The number of carbonyl (C=O) groups is 1. The smallest absolute Gasteiger partial charge is 0.240 e. The molecular weight excluding hydrogens is 188 g/mol. The highest BCUT2D eigenvalue weighted by molar-refractivity contribution is 5.86. The molecule has 1 amide bonds. The van der Waals surface area contributed by atoms with Crippen molar-refractivity contribution in [2.75, 3.05) is 19.6 Å². The second-order valence-electron chi connectivity index (χ2n) is 4.70. The van der Waals surface area contributed by atoms with E-state index in [1.807, 2.05) is 13.8 Å². The molecule has 1 aliphatic rings. The lowest BCUT2D eigenvalue weighted by Gasteiger charge is -2.41. The van der Waals surface area contributed by atoms with Crippen LogP contribution in [0.15, 0.2) is 11.6 Å². The van der Waals surface area contributed by atoms with E-state index in [4.69, 9.17) is 0 Å². The predicted octanol–water partition coefficient (Wildman–Crippen LogP) is 1.55. The van der Waals surface area contributed by atoms with Gasteiger partial charge in [0.2, 0.25) is 5.91 Å². The molecule has 0 bridgehead atoms. The zero-order chi connectivity index (χ0) is 11.5. The molecule has 0 radical (unpaired) electrons. The minimum absolute atomic E-state index is 0.137. The van der Waals surface area contributed by atoms with Gasteiger partial charge < -0.3 is 5.32 Å². The van der Waals surface area contributed by atoms with Crippen molar-refractivity contribution in [3.8, 4) is 0 Å². The molecule has 0 aliphatic carbocycles. The van der Waals surface area contributed by atoms with E-state index in [0.29, 0.717) is 0 Å². The third-order valence-corrected chi connectivity index (χ3v) is 3.01. The van der Waals surface area contributed by atoms with Crippen LogP contribution in [0.3, 0.4) is 0 Å². The lowest BCUT2D eigenvalue weighted by Crippen LogP contribution is -2.61. The number of nitrogens with zero attached hydrogens (tertiary/aromatic N) is 1. The number of carbonyl (C=O) groups excluding carboxylic acids is 1. The molecule has 0 aromatic rings. The van der Waals surface area contributed by atoms with Crippen LogP contribution in [0, 0.1) is 0 Å². The first kappa shape index (κ1) is 12.2. The van der Waals surface area contributed by atoms with Gasteiger partial charge in [-0.15, -0.1) is 0 Å². The van der Waals surface area contributed by atoms with E-state index in [0.717, 1.165) is 26.1 Å². The Balaban J connectivity index is 2.68.